The first kappa shape index (κ1) is 14.4. The molecular formula is C15H17F2N3. The standard InChI is InChI=1S/C15H17F2N3/c1-20(13-4-2-3-11(16)9-13)8-7-14(18)15-6-5-12(17)10-19-15/h2-6,9-10,14H,7-8,18H2,1H3. The van der Waals surface area contributed by atoms with Crippen LogP contribution in [0.2, 0.25) is 0 Å². The van der Waals surface area contributed by atoms with E-state index in [0.29, 0.717) is 18.7 Å². The zero-order valence-electron chi connectivity index (χ0n) is 11.3. The number of benzene rings is 1. The van der Waals surface area contributed by atoms with Crippen LogP contribution in [0.3, 0.4) is 0 Å². The van der Waals surface area contributed by atoms with Gasteiger partial charge in [0.25, 0.3) is 0 Å². The Labute approximate surface area is 117 Å². The molecule has 0 saturated carbocycles. The summed E-state index contributed by atoms with van der Waals surface area (Å²) >= 11 is 0. The molecule has 0 aliphatic heterocycles. The number of nitrogens with zero attached hydrogens (tertiary/aromatic N) is 2. The van der Waals surface area contributed by atoms with Crippen LogP contribution in [-0.2, 0) is 0 Å². The van der Waals surface area contributed by atoms with Gasteiger partial charge in [-0.25, -0.2) is 8.78 Å². The molecule has 2 N–H and O–H groups in total. The molecule has 1 heterocycles. The Morgan fingerprint density at radius 1 is 1.20 bits per heavy atom. The monoisotopic (exact) mass is 277 g/mol. The predicted molar refractivity (Wildman–Crippen MR) is 75.4 cm³/mol. The van der Waals surface area contributed by atoms with Crippen molar-refractivity contribution in [2.75, 3.05) is 18.5 Å². The van der Waals surface area contributed by atoms with Gasteiger partial charge in [0.15, 0.2) is 0 Å². The third-order valence-corrected chi connectivity index (χ3v) is 3.15. The summed E-state index contributed by atoms with van der Waals surface area (Å²) < 4.78 is 25.9. The summed E-state index contributed by atoms with van der Waals surface area (Å²) in [6.45, 7) is 0.656. The van der Waals surface area contributed by atoms with E-state index in [4.69, 9.17) is 5.73 Å². The number of halogens is 2. The van der Waals surface area contributed by atoms with Crippen molar-refractivity contribution in [2.45, 2.75) is 12.5 Å². The maximum Gasteiger partial charge on any atom is 0.141 e. The summed E-state index contributed by atoms with van der Waals surface area (Å²) in [5.74, 6) is -0.642. The average molecular weight is 277 g/mol. The SMILES string of the molecule is CN(CCC(N)c1ccc(F)cn1)c1cccc(F)c1. The molecule has 1 atom stereocenters. The minimum Gasteiger partial charge on any atom is -0.374 e. The van der Waals surface area contributed by atoms with Gasteiger partial charge in [0.05, 0.1) is 11.9 Å². The molecule has 1 aromatic heterocycles. The highest BCUT2D eigenvalue weighted by atomic mass is 19.1. The molecular weight excluding hydrogens is 260 g/mol. The van der Waals surface area contributed by atoms with Gasteiger partial charge in [-0.1, -0.05) is 6.07 Å². The van der Waals surface area contributed by atoms with Gasteiger partial charge in [-0.3, -0.25) is 4.98 Å². The zero-order valence-corrected chi connectivity index (χ0v) is 11.3. The smallest absolute Gasteiger partial charge is 0.141 e. The normalized spacial score (nSPS) is 12.2. The van der Waals surface area contributed by atoms with Crippen molar-refractivity contribution in [3.8, 4) is 0 Å². The summed E-state index contributed by atoms with van der Waals surface area (Å²) in [4.78, 5) is 5.89. The van der Waals surface area contributed by atoms with E-state index in [-0.39, 0.29) is 17.7 Å². The third-order valence-electron chi connectivity index (χ3n) is 3.15. The fourth-order valence-corrected chi connectivity index (χ4v) is 1.93. The molecule has 20 heavy (non-hydrogen) atoms. The van der Waals surface area contributed by atoms with Gasteiger partial charge in [0.2, 0.25) is 0 Å². The van der Waals surface area contributed by atoms with E-state index in [0.717, 1.165) is 11.9 Å². The maximum absolute atomic E-state index is 13.1. The molecule has 106 valence electrons. The average Bonchev–Trinajstić information content (AvgIpc) is 2.45. The van der Waals surface area contributed by atoms with Crippen LogP contribution in [-0.4, -0.2) is 18.6 Å². The number of rotatable bonds is 5. The molecule has 0 spiro atoms. The van der Waals surface area contributed by atoms with E-state index < -0.39 is 0 Å². The van der Waals surface area contributed by atoms with Gasteiger partial charge in [-0.2, -0.15) is 0 Å². The van der Waals surface area contributed by atoms with Crippen LogP contribution in [0.5, 0.6) is 0 Å². The van der Waals surface area contributed by atoms with Crippen molar-refractivity contribution >= 4 is 5.69 Å². The molecule has 0 radical (unpaired) electrons. The molecule has 1 unspecified atom stereocenters. The van der Waals surface area contributed by atoms with E-state index in [2.05, 4.69) is 4.98 Å². The molecule has 0 aliphatic carbocycles. The highest BCUT2D eigenvalue weighted by Gasteiger charge is 2.10. The second-order valence-electron chi connectivity index (χ2n) is 4.70. The fourth-order valence-electron chi connectivity index (χ4n) is 1.93. The number of pyridine rings is 1. The molecule has 0 amide bonds. The first-order valence-corrected chi connectivity index (χ1v) is 6.40. The topological polar surface area (TPSA) is 42.1 Å². The lowest BCUT2D eigenvalue weighted by Crippen LogP contribution is -2.23. The third kappa shape index (κ3) is 3.74. The Balaban J connectivity index is 1.93. The second-order valence-corrected chi connectivity index (χ2v) is 4.70. The largest absolute Gasteiger partial charge is 0.374 e. The summed E-state index contributed by atoms with van der Waals surface area (Å²) in [6.07, 6.45) is 1.80. The summed E-state index contributed by atoms with van der Waals surface area (Å²) in [5, 5.41) is 0. The molecule has 0 bridgehead atoms. The van der Waals surface area contributed by atoms with Gasteiger partial charge in [0.1, 0.15) is 11.6 Å². The molecule has 1 aromatic carbocycles. The predicted octanol–water partition coefficient (Wildman–Crippen LogP) is 2.89. The minimum absolute atomic E-state index is 0.265. The van der Waals surface area contributed by atoms with Gasteiger partial charge in [0, 0.05) is 25.3 Å². The molecule has 0 saturated heterocycles. The van der Waals surface area contributed by atoms with Crippen LogP contribution < -0.4 is 10.6 Å². The van der Waals surface area contributed by atoms with Crippen LogP contribution in [0, 0.1) is 11.6 Å². The highest BCUT2D eigenvalue weighted by molar-refractivity contribution is 5.45. The zero-order chi connectivity index (χ0) is 14.5. The quantitative estimate of drug-likeness (QED) is 0.913. The number of anilines is 1. The Bertz CT molecular complexity index is 557. The van der Waals surface area contributed by atoms with E-state index >= 15 is 0 Å². The van der Waals surface area contributed by atoms with Gasteiger partial charge < -0.3 is 10.6 Å². The Hall–Kier alpha value is -2.01. The van der Waals surface area contributed by atoms with Crippen LogP contribution >= 0.6 is 0 Å². The lowest BCUT2D eigenvalue weighted by atomic mass is 10.1. The van der Waals surface area contributed by atoms with Gasteiger partial charge in [-0.05, 0) is 36.8 Å². The van der Waals surface area contributed by atoms with Crippen molar-refractivity contribution in [2.24, 2.45) is 5.73 Å². The van der Waals surface area contributed by atoms with Crippen molar-refractivity contribution in [1.82, 2.24) is 4.98 Å². The van der Waals surface area contributed by atoms with Crippen LogP contribution in [0.4, 0.5) is 14.5 Å². The molecule has 2 rings (SSSR count). The minimum atomic E-state index is -0.377. The Morgan fingerprint density at radius 3 is 2.65 bits per heavy atom. The highest BCUT2D eigenvalue weighted by Crippen LogP contribution is 2.17. The van der Waals surface area contributed by atoms with E-state index in [1.165, 1.54) is 18.2 Å². The van der Waals surface area contributed by atoms with Gasteiger partial charge >= 0.3 is 0 Å². The van der Waals surface area contributed by atoms with Crippen LogP contribution in [0.15, 0.2) is 42.6 Å². The van der Waals surface area contributed by atoms with E-state index in [9.17, 15) is 8.78 Å². The second kappa shape index (κ2) is 6.43. The Kier molecular flexibility index (Phi) is 4.63. The van der Waals surface area contributed by atoms with Crippen LogP contribution in [0.1, 0.15) is 18.2 Å². The molecule has 5 heteroatoms. The number of hydrogen-bond donors (Lipinski definition) is 1. The lowest BCUT2D eigenvalue weighted by Gasteiger charge is -2.21. The molecule has 0 fully saturated rings. The van der Waals surface area contributed by atoms with Gasteiger partial charge in [-0.15, -0.1) is 0 Å². The summed E-state index contributed by atoms with van der Waals surface area (Å²) in [7, 11) is 1.87. The van der Waals surface area contributed by atoms with E-state index in [1.54, 1.807) is 12.1 Å². The van der Waals surface area contributed by atoms with Crippen molar-refractivity contribution in [3.63, 3.8) is 0 Å². The number of aromatic nitrogens is 1. The fraction of sp³-hybridized carbons (Fsp3) is 0.267. The molecule has 3 nitrogen and oxygen atoms in total. The Morgan fingerprint density at radius 2 is 2.00 bits per heavy atom. The molecule has 2 aromatic rings. The first-order chi connectivity index (χ1) is 9.56. The maximum atomic E-state index is 13.1. The van der Waals surface area contributed by atoms with E-state index in [1.807, 2.05) is 18.0 Å². The molecule has 0 aliphatic rings. The number of hydrogen-bond acceptors (Lipinski definition) is 3. The van der Waals surface area contributed by atoms with Crippen molar-refractivity contribution in [1.29, 1.82) is 0 Å². The first-order valence-electron chi connectivity index (χ1n) is 6.40. The number of nitrogens with two attached hydrogens (primary N) is 1. The van der Waals surface area contributed by atoms with Crippen LogP contribution in [0.25, 0.3) is 0 Å². The summed E-state index contributed by atoms with van der Waals surface area (Å²) in [6, 6.07) is 9.05. The van der Waals surface area contributed by atoms with Crippen molar-refractivity contribution < 1.29 is 8.78 Å². The summed E-state index contributed by atoms with van der Waals surface area (Å²) in [5.41, 5.74) is 7.46. The van der Waals surface area contributed by atoms with Crippen molar-refractivity contribution in [3.05, 3.63) is 59.9 Å². The lowest BCUT2D eigenvalue weighted by molar-refractivity contribution is 0.599.